The molecule has 1 fully saturated rings. The Morgan fingerprint density at radius 1 is 0.979 bits per heavy atom. The lowest BCUT2D eigenvalue weighted by atomic mass is 10.0. The van der Waals surface area contributed by atoms with Gasteiger partial charge in [-0.3, -0.25) is 28.8 Å². The molecular weight excluding hydrogens is 642 g/mol. The zero-order valence-corrected chi connectivity index (χ0v) is 25.7. The van der Waals surface area contributed by atoms with Crippen molar-refractivity contribution in [2.45, 2.75) is 68.2 Å². The van der Waals surface area contributed by atoms with Gasteiger partial charge in [0, 0.05) is 31.6 Å². The maximum atomic E-state index is 13.6. The quantitative estimate of drug-likeness (QED) is 0.0950. The summed E-state index contributed by atoms with van der Waals surface area (Å²) in [5.74, 6) is -6.65. The van der Waals surface area contributed by atoms with Crippen molar-refractivity contribution in [2.75, 3.05) is 26.3 Å². The first-order chi connectivity index (χ1) is 22.7. The van der Waals surface area contributed by atoms with Gasteiger partial charge in [0.15, 0.2) is 12.2 Å². The highest BCUT2D eigenvalue weighted by atomic mass is 16.3. The largest absolute Gasteiger partial charge is 0.394 e. The number of guanidine groups is 1. The van der Waals surface area contributed by atoms with Gasteiger partial charge in [-0.2, -0.15) is 0 Å². The zero-order chi connectivity index (χ0) is 36.0. The number of rotatable bonds is 10. The summed E-state index contributed by atoms with van der Waals surface area (Å²) >= 11 is 0. The van der Waals surface area contributed by atoms with Crippen LogP contribution in [0.3, 0.4) is 0 Å². The number of hydrogen-bond acceptors (Lipinski definition) is 15. The van der Waals surface area contributed by atoms with Gasteiger partial charge in [0.1, 0.15) is 29.9 Å². The highest BCUT2D eigenvalue weighted by molar-refractivity contribution is 6.02. The summed E-state index contributed by atoms with van der Waals surface area (Å²) < 4.78 is 0. The number of aliphatic hydroxyl groups is 3. The van der Waals surface area contributed by atoms with Gasteiger partial charge in [0.2, 0.25) is 29.5 Å². The zero-order valence-electron chi connectivity index (χ0n) is 25.7. The Bertz CT molecular complexity index is 1280. The van der Waals surface area contributed by atoms with E-state index < -0.39 is 109 Å². The summed E-state index contributed by atoms with van der Waals surface area (Å²) in [6.45, 7) is -2.36. The maximum Gasteiger partial charge on any atom is 0.316 e. The van der Waals surface area contributed by atoms with Crippen molar-refractivity contribution in [1.29, 1.82) is 0 Å². The fourth-order valence-corrected chi connectivity index (χ4v) is 4.46. The molecule has 0 unspecified atom stereocenters. The molecule has 2 rings (SSSR count). The number of aliphatic hydroxyl groups excluding tert-OH is 3. The van der Waals surface area contributed by atoms with Crippen molar-refractivity contribution < 1.29 is 48.9 Å². The van der Waals surface area contributed by atoms with E-state index in [9.17, 15) is 48.9 Å². The third-order valence-electron chi connectivity index (χ3n) is 6.91. The Balaban J connectivity index is 2.54. The van der Waals surface area contributed by atoms with Crippen molar-refractivity contribution in [2.24, 2.45) is 27.9 Å². The lowest BCUT2D eigenvalue weighted by Crippen LogP contribution is -2.64. The standard InChI is InChI=1S/C25H43N13O10/c26-3-1-2-10(27)4-16(41)32-12-6-30-23(47)18(11-5-17(42)37-24(28)36-11)38-20(44)13(7-31-25(29)48)33-21(45)14(8-39)35-22(46)15(9-40)34-19(12)43/h7,10-12,14-15,17-18,39-40,42H,1-6,8-9,26-27H2,(H,30,47)(H,32,41)(H,33,45)(H,34,43)(H,35,46)(H,38,44)(H3,28,36,37)(H3,29,31,48)/b13-7+/t10-,11+,12-,14-,15-,17-,18-/m0/s1. The first-order valence-corrected chi connectivity index (χ1v) is 14.7. The second-order valence-corrected chi connectivity index (χ2v) is 10.7. The van der Waals surface area contributed by atoms with Crippen molar-refractivity contribution in [1.82, 2.24) is 42.5 Å². The van der Waals surface area contributed by atoms with E-state index >= 15 is 0 Å². The molecule has 0 aliphatic carbocycles. The van der Waals surface area contributed by atoms with E-state index in [4.69, 9.17) is 22.9 Å². The van der Waals surface area contributed by atoms with E-state index in [0.717, 1.165) is 0 Å². The summed E-state index contributed by atoms with van der Waals surface area (Å²) in [5, 5.41) is 47.9. The molecule has 0 radical (unpaired) electrons. The molecule has 19 N–H and O–H groups in total. The Morgan fingerprint density at radius 3 is 2.23 bits per heavy atom. The number of amides is 8. The van der Waals surface area contributed by atoms with Gasteiger partial charge in [-0.05, 0) is 19.4 Å². The van der Waals surface area contributed by atoms with Crippen molar-refractivity contribution >= 4 is 47.4 Å². The molecule has 23 heteroatoms. The van der Waals surface area contributed by atoms with Gasteiger partial charge >= 0.3 is 6.03 Å². The summed E-state index contributed by atoms with van der Waals surface area (Å²) in [4.78, 5) is 94.0. The van der Waals surface area contributed by atoms with Gasteiger partial charge in [-0.25, -0.2) is 9.79 Å². The number of hydrogen-bond donors (Lipinski definition) is 15. The molecule has 1 saturated heterocycles. The molecule has 7 atom stereocenters. The van der Waals surface area contributed by atoms with Crippen molar-refractivity contribution in [3.63, 3.8) is 0 Å². The molecule has 0 bridgehead atoms. The van der Waals surface area contributed by atoms with Crippen LogP contribution in [0.1, 0.15) is 25.7 Å². The average molecular weight is 686 g/mol. The van der Waals surface area contributed by atoms with Gasteiger partial charge in [0.25, 0.3) is 5.91 Å². The third kappa shape index (κ3) is 12.3. The molecular formula is C25H43N13O10. The van der Waals surface area contributed by atoms with E-state index in [1.54, 1.807) is 0 Å². The number of nitrogens with two attached hydrogens (primary N) is 4. The van der Waals surface area contributed by atoms with Crippen LogP contribution >= 0.6 is 0 Å². The molecule has 268 valence electrons. The highest BCUT2D eigenvalue weighted by Gasteiger charge is 2.37. The second-order valence-electron chi connectivity index (χ2n) is 10.7. The molecule has 0 aromatic carbocycles. The Hall–Kier alpha value is -5.10. The maximum absolute atomic E-state index is 13.6. The molecule has 0 saturated carbocycles. The van der Waals surface area contributed by atoms with Crippen LogP contribution in [-0.2, 0) is 28.8 Å². The fourth-order valence-electron chi connectivity index (χ4n) is 4.46. The number of aliphatic imine (C=N–C) groups is 1. The number of carbonyl (C=O) groups excluding carboxylic acids is 7. The topological polar surface area (TPSA) is 393 Å². The van der Waals surface area contributed by atoms with Gasteiger partial charge in [-0.15, -0.1) is 0 Å². The normalized spacial score (nSPS) is 27.6. The Morgan fingerprint density at radius 2 is 1.62 bits per heavy atom. The number of nitrogens with zero attached hydrogens (tertiary/aromatic N) is 1. The highest BCUT2D eigenvalue weighted by Crippen LogP contribution is 2.11. The van der Waals surface area contributed by atoms with Crippen LogP contribution in [0.25, 0.3) is 0 Å². The summed E-state index contributed by atoms with van der Waals surface area (Å²) in [7, 11) is 0. The molecule has 0 aromatic rings. The monoisotopic (exact) mass is 685 g/mol. The van der Waals surface area contributed by atoms with Crippen molar-refractivity contribution in [3.05, 3.63) is 11.9 Å². The molecule has 0 spiro atoms. The SMILES string of the molecule is NCCC[C@H](N)CC(=O)N[C@H]1CNC(=O)[C@H]([C@H]2C[C@H](O)N=C(N)N2)NC(=O)/C(=C\NC(N)=O)NC(=O)[C@H](CO)NC(=O)[C@H](CO)NC1=O. The van der Waals surface area contributed by atoms with Crippen LogP contribution in [-0.4, -0.2) is 132 Å². The minimum atomic E-state index is -1.78. The molecule has 48 heavy (non-hydrogen) atoms. The molecule has 0 aromatic heterocycles. The van der Waals surface area contributed by atoms with E-state index in [2.05, 4.69) is 42.2 Å². The lowest BCUT2D eigenvalue weighted by Gasteiger charge is -2.33. The van der Waals surface area contributed by atoms with E-state index in [-0.39, 0.29) is 18.8 Å². The van der Waals surface area contributed by atoms with Crippen LogP contribution in [0.5, 0.6) is 0 Å². The van der Waals surface area contributed by atoms with Crippen LogP contribution in [0.15, 0.2) is 16.9 Å². The number of carbonyl (C=O) groups is 7. The summed E-state index contributed by atoms with van der Waals surface area (Å²) in [5.41, 5.74) is 21.5. The average Bonchev–Trinajstić information content (AvgIpc) is 3.02. The minimum Gasteiger partial charge on any atom is -0.394 e. The lowest BCUT2D eigenvalue weighted by molar-refractivity contribution is -0.135. The second kappa shape index (κ2) is 18.9. The fraction of sp³-hybridized carbons (Fsp3) is 0.600. The van der Waals surface area contributed by atoms with Crippen LogP contribution in [0.4, 0.5) is 4.79 Å². The van der Waals surface area contributed by atoms with E-state index in [0.29, 0.717) is 25.6 Å². The number of urea groups is 1. The van der Waals surface area contributed by atoms with E-state index in [1.807, 2.05) is 5.32 Å². The minimum absolute atomic E-state index is 0.245. The molecule has 2 aliphatic heterocycles. The molecule has 8 amide bonds. The summed E-state index contributed by atoms with van der Waals surface area (Å²) in [6.07, 6.45) is -0.339. The van der Waals surface area contributed by atoms with Crippen LogP contribution < -0.4 is 65.5 Å². The molecule has 23 nitrogen and oxygen atoms in total. The van der Waals surface area contributed by atoms with Gasteiger partial charge < -0.3 is 80.8 Å². The van der Waals surface area contributed by atoms with Gasteiger partial charge in [-0.1, -0.05) is 0 Å². The van der Waals surface area contributed by atoms with Crippen LogP contribution in [0, 0.1) is 0 Å². The predicted molar refractivity (Wildman–Crippen MR) is 164 cm³/mol. The Kier molecular flexibility index (Phi) is 15.4. The first-order valence-electron chi connectivity index (χ1n) is 14.7. The number of nitrogens with one attached hydrogen (secondary N) is 8. The van der Waals surface area contributed by atoms with Crippen LogP contribution in [0.2, 0.25) is 0 Å². The number of primary amides is 1. The smallest absolute Gasteiger partial charge is 0.316 e. The third-order valence-corrected chi connectivity index (χ3v) is 6.91. The Labute approximate surface area is 273 Å². The summed E-state index contributed by atoms with van der Waals surface area (Å²) in [6, 6.07) is -9.66. The van der Waals surface area contributed by atoms with E-state index in [1.165, 1.54) is 0 Å². The van der Waals surface area contributed by atoms with Gasteiger partial charge in [0.05, 0.1) is 19.3 Å². The van der Waals surface area contributed by atoms with Crippen molar-refractivity contribution in [3.8, 4) is 0 Å². The molecule has 2 heterocycles. The first kappa shape index (κ1) is 39.1. The predicted octanol–water partition coefficient (Wildman–Crippen LogP) is -8.88. The molecule has 2 aliphatic rings.